The van der Waals surface area contributed by atoms with Gasteiger partial charge in [0.15, 0.2) is 0 Å². The van der Waals surface area contributed by atoms with Gasteiger partial charge in [-0.25, -0.2) is 8.42 Å². The maximum Gasteiger partial charge on any atom is 0.243 e. The second-order valence-corrected chi connectivity index (χ2v) is 7.00. The molecule has 0 bridgehead atoms. The fraction of sp³-hybridized carbons (Fsp3) is 0.500. The zero-order valence-corrected chi connectivity index (χ0v) is 13.0. The normalized spacial score (nSPS) is 17.5. The minimum Gasteiger partial charge on any atom is -0.399 e. The number of benzene rings is 1. The number of sulfonamides is 1. The highest BCUT2D eigenvalue weighted by Gasteiger charge is 2.27. The molecule has 2 N–H and O–H groups in total. The first-order valence-electron chi connectivity index (χ1n) is 7.08. The van der Waals surface area contributed by atoms with Crippen molar-refractivity contribution in [2.45, 2.75) is 24.7 Å². The number of anilines is 1. The topological polar surface area (TPSA) is 83.7 Å². The number of nitrogen functional groups attached to an aromatic ring is 1. The van der Waals surface area contributed by atoms with Crippen molar-refractivity contribution >= 4 is 21.6 Å². The van der Waals surface area contributed by atoms with Crippen molar-refractivity contribution in [1.82, 2.24) is 9.21 Å². The van der Waals surface area contributed by atoms with Crippen molar-refractivity contribution in [2.24, 2.45) is 0 Å². The van der Waals surface area contributed by atoms with Crippen LogP contribution in [0.25, 0.3) is 0 Å². The third-order valence-corrected chi connectivity index (χ3v) is 5.50. The molecule has 0 aliphatic carbocycles. The Labute approximate surface area is 125 Å². The lowest BCUT2D eigenvalue weighted by atomic mass is 10.3. The third kappa shape index (κ3) is 3.54. The summed E-state index contributed by atoms with van der Waals surface area (Å²) in [4.78, 5) is 13.7. The Morgan fingerprint density at radius 1 is 1.24 bits per heavy atom. The first-order valence-corrected chi connectivity index (χ1v) is 8.52. The van der Waals surface area contributed by atoms with Gasteiger partial charge in [0.05, 0.1) is 4.90 Å². The standard InChI is InChI=1S/C14H21N3O3S/c1-2-14(18)16-7-4-8-17(10-9-16)21(19,20)13-6-3-5-12(15)11-13/h3,5-6,11H,2,4,7-10,15H2,1H3. The number of nitrogens with zero attached hydrogens (tertiary/aromatic N) is 2. The molecule has 0 saturated carbocycles. The van der Waals surface area contributed by atoms with E-state index in [0.717, 1.165) is 0 Å². The fourth-order valence-corrected chi connectivity index (χ4v) is 3.96. The van der Waals surface area contributed by atoms with Crippen LogP contribution in [0.15, 0.2) is 29.2 Å². The number of amides is 1. The molecule has 0 spiro atoms. The average Bonchev–Trinajstić information content (AvgIpc) is 2.72. The zero-order valence-electron chi connectivity index (χ0n) is 12.2. The Morgan fingerprint density at radius 3 is 2.67 bits per heavy atom. The number of rotatable bonds is 3. The predicted molar refractivity (Wildman–Crippen MR) is 81.1 cm³/mol. The molecule has 2 rings (SSSR count). The molecule has 6 nitrogen and oxygen atoms in total. The van der Waals surface area contributed by atoms with Crippen LogP contribution in [0.4, 0.5) is 5.69 Å². The van der Waals surface area contributed by atoms with E-state index in [2.05, 4.69) is 0 Å². The molecule has 1 amide bonds. The van der Waals surface area contributed by atoms with Crippen LogP contribution in [-0.2, 0) is 14.8 Å². The lowest BCUT2D eigenvalue weighted by Gasteiger charge is -2.21. The highest BCUT2D eigenvalue weighted by atomic mass is 32.2. The molecule has 1 heterocycles. The quantitative estimate of drug-likeness (QED) is 0.841. The maximum absolute atomic E-state index is 12.6. The van der Waals surface area contributed by atoms with E-state index < -0.39 is 10.0 Å². The molecule has 7 heteroatoms. The van der Waals surface area contributed by atoms with Gasteiger partial charge in [0.2, 0.25) is 15.9 Å². The fourth-order valence-electron chi connectivity index (χ4n) is 2.43. The van der Waals surface area contributed by atoms with E-state index >= 15 is 0 Å². The molecule has 0 radical (unpaired) electrons. The van der Waals surface area contributed by atoms with Crippen LogP contribution < -0.4 is 5.73 Å². The number of carbonyl (C=O) groups is 1. The summed E-state index contributed by atoms with van der Waals surface area (Å²) in [5, 5.41) is 0. The third-order valence-electron chi connectivity index (χ3n) is 3.61. The summed E-state index contributed by atoms with van der Waals surface area (Å²) in [5.41, 5.74) is 6.08. The van der Waals surface area contributed by atoms with Crippen LogP contribution in [0.3, 0.4) is 0 Å². The molecule has 1 aliphatic heterocycles. The smallest absolute Gasteiger partial charge is 0.243 e. The molecule has 0 aromatic heterocycles. The van der Waals surface area contributed by atoms with Crippen LogP contribution in [0, 0.1) is 0 Å². The number of nitrogens with two attached hydrogens (primary N) is 1. The monoisotopic (exact) mass is 311 g/mol. The minimum atomic E-state index is -3.55. The number of carbonyl (C=O) groups excluding carboxylic acids is 1. The van der Waals surface area contributed by atoms with Crippen LogP contribution in [0.5, 0.6) is 0 Å². The van der Waals surface area contributed by atoms with Crippen molar-refractivity contribution in [1.29, 1.82) is 0 Å². The van der Waals surface area contributed by atoms with Crippen LogP contribution >= 0.6 is 0 Å². The van der Waals surface area contributed by atoms with E-state index in [1.165, 1.54) is 10.4 Å². The SMILES string of the molecule is CCC(=O)N1CCCN(S(=O)(=O)c2cccc(N)c2)CC1. The van der Waals surface area contributed by atoms with Gasteiger partial charge in [-0.2, -0.15) is 4.31 Å². The summed E-state index contributed by atoms with van der Waals surface area (Å²) in [6.45, 7) is 3.60. The zero-order chi connectivity index (χ0) is 15.5. The molecule has 1 aromatic carbocycles. The molecule has 1 aliphatic rings. The number of hydrogen-bond acceptors (Lipinski definition) is 4. The molecule has 1 saturated heterocycles. The Morgan fingerprint density at radius 2 is 2.00 bits per heavy atom. The summed E-state index contributed by atoms with van der Waals surface area (Å²) < 4.78 is 26.6. The summed E-state index contributed by atoms with van der Waals surface area (Å²) in [6, 6.07) is 6.30. The van der Waals surface area contributed by atoms with Gasteiger partial charge < -0.3 is 10.6 Å². The van der Waals surface area contributed by atoms with Gasteiger partial charge in [-0.1, -0.05) is 13.0 Å². The Kier molecular flexibility index (Phi) is 4.84. The first kappa shape index (κ1) is 15.8. The van der Waals surface area contributed by atoms with Crippen molar-refractivity contribution < 1.29 is 13.2 Å². The molecule has 1 fully saturated rings. The first-order chi connectivity index (χ1) is 9.95. The van der Waals surface area contributed by atoms with Crippen molar-refractivity contribution in [3.8, 4) is 0 Å². The van der Waals surface area contributed by atoms with Gasteiger partial charge in [0.1, 0.15) is 0 Å². The molecule has 0 atom stereocenters. The van der Waals surface area contributed by atoms with Gasteiger partial charge in [-0.05, 0) is 24.6 Å². The van der Waals surface area contributed by atoms with Crippen molar-refractivity contribution in [3.63, 3.8) is 0 Å². The van der Waals surface area contributed by atoms with Crippen molar-refractivity contribution in [2.75, 3.05) is 31.9 Å². The van der Waals surface area contributed by atoms with Crippen LogP contribution in [-0.4, -0.2) is 49.7 Å². The molecule has 0 unspecified atom stereocenters. The average molecular weight is 311 g/mol. The second-order valence-electron chi connectivity index (χ2n) is 5.06. The number of hydrogen-bond donors (Lipinski definition) is 1. The summed E-state index contributed by atoms with van der Waals surface area (Å²) in [6.07, 6.45) is 1.09. The molecule has 21 heavy (non-hydrogen) atoms. The van der Waals surface area contributed by atoms with E-state index in [1.54, 1.807) is 23.1 Å². The maximum atomic E-state index is 12.6. The van der Waals surface area contributed by atoms with Gasteiger partial charge >= 0.3 is 0 Å². The minimum absolute atomic E-state index is 0.0678. The van der Waals surface area contributed by atoms with Gasteiger partial charge in [-0.15, -0.1) is 0 Å². The molecular formula is C14H21N3O3S. The molecule has 116 valence electrons. The highest BCUT2D eigenvalue weighted by Crippen LogP contribution is 2.19. The largest absolute Gasteiger partial charge is 0.399 e. The van der Waals surface area contributed by atoms with E-state index in [-0.39, 0.29) is 10.8 Å². The molecule has 1 aromatic rings. The lowest BCUT2D eigenvalue weighted by molar-refractivity contribution is -0.130. The summed E-state index contributed by atoms with van der Waals surface area (Å²) in [5.74, 6) is 0.0678. The summed E-state index contributed by atoms with van der Waals surface area (Å²) in [7, 11) is -3.55. The van der Waals surface area contributed by atoms with Crippen molar-refractivity contribution in [3.05, 3.63) is 24.3 Å². The Balaban J connectivity index is 2.16. The molecular weight excluding hydrogens is 290 g/mol. The highest BCUT2D eigenvalue weighted by molar-refractivity contribution is 7.89. The Hall–Kier alpha value is -1.60. The summed E-state index contributed by atoms with van der Waals surface area (Å²) >= 11 is 0. The van der Waals surface area contributed by atoms with Gasteiger partial charge in [0.25, 0.3) is 0 Å². The van der Waals surface area contributed by atoms with Gasteiger partial charge in [0, 0.05) is 38.3 Å². The van der Waals surface area contributed by atoms with E-state index in [0.29, 0.717) is 44.7 Å². The van der Waals surface area contributed by atoms with Gasteiger partial charge in [-0.3, -0.25) is 4.79 Å². The second kappa shape index (κ2) is 6.44. The van der Waals surface area contributed by atoms with E-state index in [1.807, 2.05) is 6.92 Å². The Bertz CT molecular complexity index is 616. The van der Waals surface area contributed by atoms with Crippen LogP contribution in [0.2, 0.25) is 0 Å². The van der Waals surface area contributed by atoms with E-state index in [4.69, 9.17) is 5.73 Å². The van der Waals surface area contributed by atoms with Crippen LogP contribution in [0.1, 0.15) is 19.8 Å². The lowest BCUT2D eigenvalue weighted by Crippen LogP contribution is -2.37. The van der Waals surface area contributed by atoms with E-state index in [9.17, 15) is 13.2 Å². The predicted octanol–water partition coefficient (Wildman–Crippen LogP) is 0.902.